The molecule has 9 heteroatoms. The van der Waals surface area contributed by atoms with Gasteiger partial charge in [0.1, 0.15) is 5.75 Å². The first-order valence-corrected chi connectivity index (χ1v) is 9.27. The molecule has 0 bridgehead atoms. The van der Waals surface area contributed by atoms with E-state index in [4.69, 9.17) is 17.0 Å². The van der Waals surface area contributed by atoms with Crippen LogP contribution in [0.2, 0.25) is 0 Å². The highest BCUT2D eigenvalue weighted by molar-refractivity contribution is 7.71. The third-order valence-corrected chi connectivity index (χ3v) is 4.52. The number of rotatable bonds is 4. The molecular weight excluding hydrogens is 392 g/mol. The molecule has 29 heavy (non-hydrogen) atoms. The minimum Gasteiger partial charge on any atom is -0.491 e. The molecule has 3 aromatic rings. The maximum Gasteiger partial charge on any atom is 0.269 e. The number of nitrogens with one attached hydrogen (secondary N) is 3. The summed E-state index contributed by atoms with van der Waals surface area (Å²) >= 11 is 5.09. The van der Waals surface area contributed by atoms with E-state index in [-0.39, 0.29) is 22.0 Å². The van der Waals surface area contributed by atoms with Gasteiger partial charge in [-0.15, -0.1) is 0 Å². The van der Waals surface area contributed by atoms with Gasteiger partial charge in [-0.1, -0.05) is 0 Å². The number of nitrogens with zero attached hydrogens (tertiary/aromatic N) is 1. The molecular formula is C20H20N4O4S. The SMILES string of the molecule is CC(C)Oc1ccc(C(=O)NNC(=O)c2ccc3c(=O)n(C)c(=S)[nH]c3c2)cc1. The zero-order chi connectivity index (χ0) is 21.1. The number of amides is 2. The van der Waals surface area contributed by atoms with Crippen LogP contribution in [0, 0.1) is 4.77 Å². The van der Waals surface area contributed by atoms with Crippen molar-refractivity contribution in [2.45, 2.75) is 20.0 Å². The molecule has 3 rings (SSSR count). The van der Waals surface area contributed by atoms with Crippen molar-refractivity contribution in [3.05, 3.63) is 68.7 Å². The molecule has 8 nitrogen and oxygen atoms in total. The van der Waals surface area contributed by atoms with Crippen molar-refractivity contribution >= 4 is 34.9 Å². The molecule has 0 atom stereocenters. The van der Waals surface area contributed by atoms with Crippen molar-refractivity contribution in [1.82, 2.24) is 20.4 Å². The molecule has 0 saturated heterocycles. The zero-order valence-electron chi connectivity index (χ0n) is 16.1. The Labute approximate surface area is 171 Å². The monoisotopic (exact) mass is 412 g/mol. The fourth-order valence-corrected chi connectivity index (χ4v) is 2.86. The Balaban J connectivity index is 1.70. The van der Waals surface area contributed by atoms with Crippen molar-refractivity contribution in [1.29, 1.82) is 0 Å². The van der Waals surface area contributed by atoms with Gasteiger partial charge in [0.05, 0.1) is 17.0 Å². The number of hydrogen-bond acceptors (Lipinski definition) is 5. The molecule has 0 unspecified atom stereocenters. The number of H-pyrrole nitrogens is 1. The Morgan fingerprint density at radius 1 is 1.03 bits per heavy atom. The van der Waals surface area contributed by atoms with E-state index >= 15 is 0 Å². The number of hydrogen-bond donors (Lipinski definition) is 3. The van der Waals surface area contributed by atoms with Crippen LogP contribution in [0.4, 0.5) is 0 Å². The molecule has 1 heterocycles. The number of carbonyl (C=O) groups is 2. The van der Waals surface area contributed by atoms with E-state index in [9.17, 15) is 14.4 Å². The lowest BCUT2D eigenvalue weighted by Gasteiger charge is -2.11. The zero-order valence-corrected chi connectivity index (χ0v) is 16.9. The topological polar surface area (TPSA) is 105 Å². The number of ether oxygens (including phenoxy) is 1. The van der Waals surface area contributed by atoms with Gasteiger partial charge in [-0.05, 0) is 68.5 Å². The second kappa shape index (κ2) is 8.27. The van der Waals surface area contributed by atoms with Crippen LogP contribution in [0.15, 0.2) is 47.3 Å². The molecule has 0 aliphatic carbocycles. The van der Waals surface area contributed by atoms with Crippen molar-refractivity contribution in [3.8, 4) is 5.75 Å². The number of carbonyl (C=O) groups excluding carboxylic acids is 2. The Bertz CT molecular complexity index is 1200. The van der Waals surface area contributed by atoms with E-state index in [1.165, 1.54) is 22.8 Å². The van der Waals surface area contributed by atoms with Gasteiger partial charge in [0.2, 0.25) is 0 Å². The van der Waals surface area contributed by atoms with Crippen molar-refractivity contribution in [2.24, 2.45) is 7.05 Å². The van der Waals surface area contributed by atoms with E-state index in [1.54, 1.807) is 31.3 Å². The van der Waals surface area contributed by atoms with Gasteiger partial charge in [0.15, 0.2) is 4.77 Å². The summed E-state index contributed by atoms with van der Waals surface area (Å²) in [4.78, 5) is 39.7. The Hall–Kier alpha value is -3.46. The lowest BCUT2D eigenvalue weighted by atomic mass is 10.1. The average Bonchev–Trinajstić information content (AvgIpc) is 2.69. The van der Waals surface area contributed by atoms with Crippen LogP contribution in [-0.4, -0.2) is 27.5 Å². The van der Waals surface area contributed by atoms with Crippen molar-refractivity contribution in [3.63, 3.8) is 0 Å². The first-order valence-electron chi connectivity index (χ1n) is 8.86. The molecule has 0 radical (unpaired) electrons. The Morgan fingerprint density at radius 2 is 1.62 bits per heavy atom. The van der Waals surface area contributed by atoms with Gasteiger partial charge in [-0.3, -0.25) is 29.8 Å². The molecule has 2 aromatic carbocycles. The van der Waals surface area contributed by atoms with Gasteiger partial charge in [-0.25, -0.2) is 0 Å². The molecule has 150 valence electrons. The van der Waals surface area contributed by atoms with E-state index < -0.39 is 11.8 Å². The molecule has 0 aliphatic heterocycles. The van der Waals surface area contributed by atoms with Gasteiger partial charge in [0, 0.05) is 18.2 Å². The van der Waals surface area contributed by atoms with Crippen molar-refractivity contribution in [2.75, 3.05) is 0 Å². The molecule has 0 fully saturated rings. The molecule has 1 aromatic heterocycles. The summed E-state index contributed by atoms with van der Waals surface area (Å²) in [6.45, 7) is 3.82. The maximum atomic E-state index is 12.4. The van der Waals surface area contributed by atoms with Gasteiger partial charge < -0.3 is 9.72 Å². The molecule has 0 saturated carbocycles. The summed E-state index contributed by atoms with van der Waals surface area (Å²) in [7, 11) is 1.57. The first kappa shape index (κ1) is 20.3. The smallest absolute Gasteiger partial charge is 0.269 e. The third-order valence-electron chi connectivity index (χ3n) is 4.14. The third kappa shape index (κ3) is 4.52. The fourth-order valence-electron chi connectivity index (χ4n) is 2.66. The highest BCUT2D eigenvalue weighted by atomic mass is 32.1. The predicted molar refractivity (Wildman–Crippen MR) is 112 cm³/mol. The summed E-state index contributed by atoms with van der Waals surface area (Å²) in [5, 5.41) is 0.408. The molecule has 2 amide bonds. The van der Waals surface area contributed by atoms with Gasteiger partial charge in [-0.2, -0.15) is 0 Å². The molecule has 3 N–H and O–H groups in total. The second-order valence-electron chi connectivity index (χ2n) is 6.65. The number of aromatic amines is 1. The highest BCUT2D eigenvalue weighted by Crippen LogP contribution is 2.14. The normalized spacial score (nSPS) is 10.8. The largest absolute Gasteiger partial charge is 0.491 e. The van der Waals surface area contributed by atoms with E-state index in [0.29, 0.717) is 22.2 Å². The minimum atomic E-state index is -0.528. The number of aromatic nitrogens is 2. The van der Waals surface area contributed by atoms with Crippen molar-refractivity contribution < 1.29 is 14.3 Å². The lowest BCUT2D eigenvalue weighted by molar-refractivity contribution is 0.0846. The van der Waals surface area contributed by atoms with Crippen LogP contribution in [0.3, 0.4) is 0 Å². The van der Waals surface area contributed by atoms with Gasteiger partial charge >= 0.3 is 0 Å². The van der Waals surface area contributed by atoms with Crippen LogP contribution in [0.25, 0.3) is 10.9 Å². The average molecular weight is 412 g/mol. The minimum absolute atomic E-state index is 0.0325. The van der Waals surface area contributed by atoms with Crippen LogP contribution >= 0.6 is 12.2 Å². The summed E-state index contributed by atoms with van der Waals surface area (Å²) in [5.74, 6) is -0.344. The van der Waals surface area contributed by atoms with Crippen LogP contribution in [0.1, 0.15) is 34.6 Å². The molecule has 0 aliphatic rings. The Kier molecular flexibility index (Phi) is 5.79. The number of fused-ring (bicyclic) bond motifs is 1. The van der Waals surface area contributed by atoms with Crippen LogP contribution in [0.5, 0.6) is 5.75 Å². The predicted octanol–water partition coefficient (Wildman–Crippen LogP) is 2.46. The summed E-state index contributed by atoms with van der Waals surface area (Å²) in [6, 6.07) is 11.1. The maximum absolute atomic E-state index is 12.4. The van der Waals surface area contributed by atoms with E-state index in [1.807, 2.05) is 13.8 Å². The summed E-state index contributed by atoms with van der Waals surface area (Å²) in [6.07, 6.45) is 0.0325. The lowest BCUT2D eigenvalue weighted by Crippen LogP contribution is -2.41. The number of hydrazine groups is 1. The summed E-state index contributed by atoms with van der Waals surface area (Å²) < 4.78 is 7.09. The quantitative estimate of drug-likeness (QED) is 0.451. The fraction of sp³-hybridized carbons (Fsp3) is 0.200. The number of benzene rings is 2. The highest BCUT2D eigenvalue weighted by Gasteiger charge is 2.12. The second-order valence-corrected chi connectivity index (χ2v) is 7.04. The van der Waals surface area contributed by atoms with Gasteiger partial charge in [0.25, 0.3) is 17.4 Å². The van der Waals surface area contributed by atoms with Crippen LogP contribution < -0.4 is 21.1 Å². The first-order chi connectivity index (χ1) is 13.8. The summed E-state index contributed by atoms with van der Waals surface area (Å²) in [5.41, 5.74) is 5.53. The van der Waals surface area contributed by atoms with E-state index in [2.05, 4.69) is 15.8 Å². The standard InChI is InChI=1S/C20H20N4O4S/c1-11(2)28-14-7-4-12(5-8-14)17(25)22-23-18(26)13-6-9-15-16(10-13)21-20(29)24(3)19(15)27/h4-11H,1-3H3,(H,21,29)(H,22,25)(H,23,26). The molecule has 0 spiro atoms. The van der Waals surface area contributed by atoms with E-state index in [0.717, 1.165) is 0 Å². The van der Waals surface area contributed by atoms with Crippen LogP contribution in [-0.2, 0) is 7.05 Å². The Morgan fingerprint density at radius 3 is 2.24 bits per heavy atom.